The smallest absolute Gasteiger partial charge is 0.226 e. The molecule has 1 aliphatic heterocycles. The average Bonchev–Trinajstić information content (AvgIpc) is 2.59. The molecule has 0 aliphatic carbocycles. The predicted octanol–water partition coefficient (Wildman–Crippen LogP) is 2.15. The van der Waals surface area contributed by atoms with Crippen LogP contribution in [0.2, 0.25) is 0 Å². The lowest BCUT2D eigenvalue weighted by Gasteiger charge is -2.32. The maximum atomic E-state index is 13.7. The van der Waals surface area contributed by atoms with E-state index in [0.29, 0.717) is 24.1 Å². The third-order valence-corrected chi connectivity index (χ3v) is 4.23. The standard InChI is InChI=1S/C17H23FN6/c1-23(2)17-20-8-4-16(22-17)21-14-5-9-24(10-6-14)12-13-3-7-19-11-15(13)18/h3-4,7-8,11,14H,5-6,9-10,12H2,1-2H3,(H,20,21,22). The Balaban J connectivity index is 1.52. The maximum Gasteiger partial charge on any atom is 0.226 e. The number of nitrogens with one attached hydrogen (secondary N) is 1. The molecule has 0 unspecified atom stereocenters. The molecular formula is C17H23FN6. The Morgan fingerprint density at radius 1 is 1.25 bits per heavy atom. The second kappa shape index (κ2) is 7.53. The second-order valence-electron chi connectivity index (χ2n) is 6.30. The Morgan fingerprint density at radius 2 is 2.04 bits per heavy atom. The van der Waals surface area contributed by atoms with E-state index in [9.17, 15) is 4.39 Å². The van der Waals surface area contributed by atoms with Crippen molar-refractivity contribution in [3.63, 3.8) is 0 Å². The van der Waals surface area contributed by atoms with Crippen LogP contribution in [0.15, 0.2) is 30.7 Å². The summed E-state index contributed by atoms with van der Waals surface area (Å²) >= 11 is 0. The van der Waals surface area contributed by atoms with E-state index in [4.69, 9.17) is 0 Å². The number of pyridine rings is 1. The van der Waals surface area contributed by atoms with Gasteiger partial charge in [-0.3, -0.25) is 9.88 Å². The fraction of sp³-hybridized carbons (Fsp3) is 0.471. The summed E-state index contributed by atoms with van der Waals surface area (Å²) in [6, 6.07) is 4.03. The molecule has 3 rings (SSSR count). The van der Waals surface area contributed by atoms with Crippen molar-refractivity contribution in [2.75, 3.05) is 37.4 Å². The number of nitrogens with zero attached hydrogens (tertiary/aromatic N) is 5. The van der Waals surface area contributed by atoms with Gasteiger partial charge in [0.2, 0.25) is 5.95 Å². The maximum absolute atomic E-state index is 13.7. The van der Waals surface area contributed by atoms with Gasteiger partial charge in [0, 0.05) is 57.7 Å². The predicted molar refractivity (Wildman–Crippen MR) is 92.5 cm³/mol. The zero-order chi connectivity index (χ0) is 16.9. The van der Waals surface area contributed by atoms with Gasteiger partial charge in [0.25, 0.3) is 0 Å². The molecule has 3 heterocycles. The monoisotopic (exact) mass is 330 g/mol. The Kier molecular flexibility index (Phi) is 5.20. The molecule has 0 saturated carbocycles. The van der Waals surface area contributed by atoms with Crippen LogP contribution in [0.1, 0.15) is 18.4 Å². The molecule has 24 heavy (non-hydrogen) atoms. The van der Waals surface area contributed by atoms with E-state index in [2.05, 4.69) is 25.2 Å². The van der Waals surface area contributed by atoms with E-state index in [1.165, 1.54) is 6.20 Å². The van der Waals surface area contributed by atoms with Crippen LogP contribution in [0.25, 0.3) is 0 Å². The van der Waals surface area contributed by atoms with E-state index in [1.54, 1.807) is 18.5 Å². The normalized spacial score (nSPS) is 16.1. The van der Waals surface area contributed by atoms with Crippen molar-refractivity contribution >= 4 is 11.8 Å². The molecule has 1 fully saturated rings. The van der Waals surface area contributed by atoms with Gasteiger partial charge in [-0.05, 0) is 25.0 Å². The van der Waals surface area contributed by atoms with Crippen LogP contribution >= 0.6 is 0 Å². The first kappa shape index (κ1) is 16.6. The van der Waals surface area contributed by atoms with Gasteiger partial charge in [0.1, 0.15) is 11.6 Å². The zero-order valence-corrected chi connectivity index (χ0v) is 14.1. The van der Waals surface area contributed by atoms with Gasteiger partial charge in [-0.25, -0.2) is 9.37 Å². The summed E-state index contributed by atoms with van der Waals surface area (Å²) < 4.78 is 13.7. The number of piperidine rings is 1. The summed E-state index contributed by atoms with van der Waals surface area (Å²) in [4.78, 5) is 16.7. The quantitative estimate of drug-likeness (QED) is 0.907. The molecule has 0 radical (unpaired) electrons. The lowest BCUT2D eigenvalue weighted by molar-refractivity contribution is 0.208. The highest BCUT2D eigenvalue weighted by molar-refractivity contribution is 5.41. The van der Waals surface area contributed by atoms with E-state index in [-0.39, 0.29) is 5.82 Å². The molecule has 1 saturated heterocycles. The van der Waals surface area contributed by atoms with Gasteiger partial charge < -0.3 is 10.2 Å². The molecule has 1 aliphatic rings. The fourth-order valence-electron chi connectivity index (χ4n) is 2.86. The topological polar surface area (TPSA) is 57.2 Å². The van der Waals surface area contributed by atoms with E-state index >= 15 is 0 Å². The molecule has 7 heteroatoms. The minimum Gasteiger partial charge on any atom is -0.367 e. The molecule has 2 aromatic heterocycles. The van der Waals surface area contributed by atoms with Crippen molar-refractivity contribution in [1.29, 1.82) is 0 Å². The molecule has 0 bridgehead atoms. The van der Waals surface area contributed by atoms with Gasteiger partial charge in [-0.15, -0.1) is 0 Å². The molecule has 2 aromatic rings. The van der Waals surface area contributed by atoms with E-state index in [0.717, 1.165) is 31.7 Å². The summed E-state index contributed by atoms with van der Waals surface area (Å²) in [5.41, 5.74) is 0.711. The highest BCUT2D eigenvalue weighted by atomic mass is 19.1. The molecule has 6 nitrogen and oxygen atoms in total. The van der Waals surface area contributed by atoms with Gasteiger partial charge in [-0.2, -0.15) is 4.98 Å². The highest BCUT2D eigenvalue weighted by Crippen LogP contribution is 2.18. The number of hydrogen-bond acceptors (Lipinski definition) is 6. The van der Waals surface area contributed by atoms with Crippen LogP contribution in [0.4, 0.5) is 16.2 Å². The Labute approximate surface area is 141 Å². The van der Waals surface area contributed by atoms with Crippen molar-refractivity contribution in [2.24, 2.45) is 0 Å². The first-order valence-electron chi connectivity index (χ1n) is 8.19. The van der Waals surface area contributed by atoms with Crippen LogP contribution in [0.5, 0.6) is 0 Å². The summed E-state index contributed by atoms with van der Waals surface area (Å²) in [7, 11) is 3.85. The third-order valence-electron chi connectivity index (χ3n) is 4.23. The third kappa shape index (κ3) is 4.17. The highest BCUT2D eigenvalue weighted by Gasteiger charge is 2.20. The lowest BCUT2D eigenvalue weighted by Crippen LogP contribution is -2.39. The number of likely N-dealkylation sites (tertiary alicyclic amines) is 1. The van der Waals surface area contributed by atoms with Crippen LogP contribution in [0, 0.1) is 5.82 Å². The molecule has 128 valence electrons. The molecule has 0 amide bonds. The Hall–Kier alpha value is -2.28. The molecule has 0 atom stereocenters. The largest absolute Gasteiger partial charge is 0.367 e. The van der Waals surface area contributed by atoms with Gasteiger partial charge >= 0.3 is 0 Å². The SMILES string of the molecule is CN(C)c1nccc(NC2CCN(Cc3ccncc3F)CC2)n1. The second-order valence-corrected chi connectivity index (χ2v) is 6.30. The lowest BCUT2D eigenvalue weighted by atomic mass is 10.0. The molecule has 0 aromatic carbocycles. The van der Waals surface area contributed by atoms with Gasteiger partial charge in [0.05, 0.1) is 6.20 Å². The number of rotatable bonds is 5. The number of halogens is 1. The van der Waals surface area contributed by atoms with Crippen molar-refractivity contribution in [1.82, 2.24) is 19.9 Å². The van der Waals surface area contributed by atoms with Gasteiger partial charge in [0.15, 0.2) is 0 Å². The first-order valence-corrected chi connectivity index (χ1v) is 8.19. The first-order chi connectivity index (χ1) is 11.6. The summed E-state index contributed by atoms with van der Waals surface area (Å²) in [5.74, 6) is 1.33. The molecular weight excluding hydrogens is 307 g/mol. The summed E-state index contributed by atoms with van der Waals surface area (Å²) in [6.07, 6.45) is 6.71. The van der Waals surface area contributed by atoms with Crippen LogP contribution in [-0.2, 0) is 6.54 Å². The van der Waals surface area contributed by atoms with Crippen LogP contribution < -0.4 is 10.2 Å². The van der Waals surface area contributed by atoms with Crippen molar-refractivity contribution < 1.29 is 4.39 Å². The minimum atomic E-state index is -0.227. The number of anilines is 2. The minimum absolute atomic E-state index is 0.227. The number of hydrogen-bond donors (Lipinski definition) is 1. The number of aromatic nitrogens is 3. The molecule has 1 N–H and O–H groups in total. The van der Waals surface area contributed by atoms with Crippen LogP contribution in [-0.4, -0.2) is 53.1 Å². The summed E-state index contributed by atoms with van der Waals surface area (Å²) in [5, 5.41) is 3.48. The van der Waals surface area contributed by atoms with Crippen molar-refractivity contribution in [3.8, 4) is 0 Å². The Morgan fingerprint density at radius 3 is 2.75 bits per heavy atom. The Bertz CT molecular complexity index is 670. The van der Waals surface area contributed by atoms with E-state index < -0.39 is 0 Å². The molecule has 0 spiro atoms. The average molecular weight is 330 g/mol. The van der Waals surface area contributed by atoms with Gasteiger partial charge in [-0.1, -0.05) is 0 Å². The van der Waals surface area contributed by atoms with Crippen LogP contribution in [0.3, 0.4) is 0 Å². The fourth-order valence-corrected chi connectivity index (χ4v) is 2.86. The van der Waals surface area contributed by atoms with E-state index in [1.807, 2.05) is 25.1 Å². The van der Waals surface area contributed by atoms with Crippen molar-refractivity contribution in [2.45, 2.75) is 25.4 Å². The zero-order valence-electron chi connectivity index (χ0n) is 14.1. The summed E-state index contributed by atoms with van der Waals surface area (Å²) in [6.45, 7) is 2.51. The van der Waals surface area contributed by atoms with Crippen molar-refractivity contribution in [3.05, 3.63) is 42.1 Å².